The molecular formula is C15H15BrClNO2. The quantitative estimate of drug-likeness (QED) is 0.711. The zero-order chi connectivity index (χ0) is 14.5. The van der Waals surface area contributed by atoms with Crippen LogP contribution in [0.1, 0.15) is 18.2 Å². The van der Waals surface area contributed by atoms with Crippen molar-refractivity contribution < 1.29 is 9.47 Å². The van der Waals surface area contributed by atoms with Crippen molar-refractivity contribution in [3.05, 3.63) is 46.1 Å². The van der Waals surface area contributed by atoms with E-state index < -0.39 is 0 Å². The molecule has 0 unspecified atom stereocenters. The molecule has 5 heteroatoms. The minimum atomic E-state index is 0.440. The van der Waals surface area contributed by atoms with Gasteiger partial charge in [-0.1, -0.05) is 6.92 Å². The third-order valence-electron chi connectivity index (χ3n) is 2.78. The summed E-state index contributed by atoms with van der Waals surface area (Å²) >= 11 is 9.35. The predicted octanol–water partition coefficient (Wildman–Crippen LogP) is 4.95. The van der Waals surface area contributed by atoms with Crippen molar-refractivity contribution in [2.45, 2.75) is 19.2 Å². The average molecular weight is 357 g/mol. The summed E-state index contributed by atoms with van der Waals surface area (Å²) in [5, 5.41) is 0. The first kappa shape index (κ1) is 15.1. The normalized spacial score (nSPS) is 10.4. The molecule has 0 aliphatic carbocycles. The fourth-order valence-corrected chi connectivity index (χ4v) is 2.33. The van der Waals surface area contributed by atoms with Crippen molar-refractivity contribution in [3.8, 4) is 17.4 Å². The van der Waals surface area contributed by atoms with Gasteiger partial charge in [0.2, 0.25) is 5.88 Å². The molecule has 1 aromatic heterocycles. The summed E-state index contributed by atoms with van der Waals surface area (Å²) in [6.45, 7) is 2.05. The van der Waals surface area contributed by atoms with Gasteiger partial charge in [-0.05, 0) is 52.2 Å². The number of nitrogens with zero attached hydrogens (tertiary/aromatic N) is 1. The standard InChI is InChI=1S/C15H15BrClNO2/c1-3-11-6-10(9-17)7-15(18-11)20-14-5-4-12(19-2)8-13(14)16/h4-8H,3,9H2,1-2H3. The van der Waals surface area contributed by atoms with Crippen molar-refractivity contribution in [2.75, 3.05) is 7.11 Å². The lowest BCUT2D eigenvalue weighted by Gasteiger charge is -2.10. The maximum absolute atomic E-state index is 5.89. The zero-order valence-corrected chi connectivity index (χ0v) is 13.7. The molecule has 0 spiro atoms. The van der Waals surface area contributed by atoms with Crippen LogP contribution in [-0.4, -0.2) is 12.1 Å². The first-order valence-corrected chi connectivity index (χ1v) is 7.56. The lowest BCUT2D eigenvalue weighted by molar-refractivity contribution is 0.411. The van der Waals surface area contributed by atoms with E-state index in [-0.39, 0.29) is 0 Å². The van der Waals surface area contributed by atoms with E-state index in [0.717, 1.165) is 27.9 Å². The van der Waals surface area contributed by atoms with Gasteiger partial charge in [0.1, 0.15) is 11.5 Å². The highest BCUT2D eigenvalue weighted by Gasteiger charge is 2.07. The zero-order valence-electron chi connectivity index (χ0n) is 11.3. The second-order valence-corrected chi connectivity index (χ2v) is 5.31. The Balaban J connectivity index is 2.29. The highest BCUT2D eigenvalue weighted by molar-refractivity contribution is 9.10. The average Bonchev–Trinajstić information content (AvgIpc) is 2.48. The number of aryl methyl sites for hydroxylation is 1. The van der Waals surface area contributed by atoms with Gasteiger partial charge in [-0.25, -0.2) is 4.98 Å². The Morgan fingerprint density at radius 3 is 2.65 bits per heavy atom. The van der Waals surface area contributed by atoms with E-state index in [9.17, 15) is 0 Å². The first-order chi connectivity index (χ1) is 9.66. The summed E-state index contributed by atoms with van der Waals surface area (Å²) in [7, 11) is 1.63. The van der Waals surface area contributed by atoms with Crippen LogP contribution in [0.15, 0.2) is 34.8 Å². The molecule has 2 rings (SSSR count). The second-order valence-electron chi connectivity index (χ2n) is 4.19. The van der Waals surface area contributed by atoms with Crippen molar-refractivity contribution in [2.24, 2.45) is 0 Å². The van der Waals surface area contributed by atoms with Crippen molar-refractivity contribution in [3.63, 3.8) is 0 Å². The summed E-state index contributed by atoms with van der Waals surface area (Å²) < 4.78 is 11.8. The maximum Gasteiger partial charge on any atom is 0.219 e. The van der Waals surface area contributed by atoms with Crippen LogP contribution in [0.25, 0.3) is 0 Å². The molecule has 0 aliphatic heterocycles. The van der Waals surface area contributed by atoms with E-state index in [0.29, 0.717) is 17.5 Å². The molecular weight excluding hydrogens is 342 g/mol. The molecule has 0 fully saturated rings. The molecule has 2 aromatic rings. The van der Waals surface area contributed by atoms with Gasteiger partial charge in [0.05, 0.1) is 11.6 Å². The van der Waals surface area contributed by atoms with Crippen LogP contribution >= 0.6 is 27.5 Å². The Bertz CT molecular complexity index is 582. The van der Waals surface area contributed by atoms with Crippen LogP contribution < -0.4 is 9.47 Å². The van der Waals surface area contributed by atoms with E-state index in [2.05, 4.69) is 20.9 Å². The van der Waals surface area contributed by atoms with Gasteiger partial charge in [0, 0.05) is 17.6 Å². The molecule has 1 heterocycles. The summed E-state index contributed by atoms with van der Waals surface area (Å²) in [5.41, 5.74) is 1.96. The molecule has 0 saturated heterocycles. The number of methoxy groups -OCH3 is 1. The van der Waals surface area contributed by atoms with E-state index in [1.807, 2.05) is 37.3 Å². The molecule has 20 heavy (non-hydrogen) atoms. The number of ether oxygens (including phenoxy) is 2. The van der Waals surface area contributed by atoms with Crippen LogP contribution in [0.4, 0.5) is 0 Å². The molecule has 0 N–H and O–H groups in total. The molecule has 3 nitrogen and oxygen atoms in total. The number of rotatable bonds is 5. The second kappa shape index (κ2) is 6.95. The maximum atomic E-state index is 5.89. The fourth-order valence-electron chi connectivity index (χ4n) is 1.73. The predicted molar refractivity (Wildman–Crippen MR) is 83.9 cm³/mol. The Morgan fingerprint density at radius 2 is 2.05 bits per heavy atom. The molecule has 1 aromatic carbocycles. The lowest BCUT2D eigenvalue weighted by atomic mass is 10.2. The van der Waals surface area contributed by atoms with Crippen molar-refractivity contribution >= 4 is 27.5 Å². The molecule has 0 aliphatic rings. The van der Waals surface area contributed by atoms with Gasteiger partial charge >= 0.3 is 0 Å². The minimum Gasteiger partial charge on any atom is -0.497 e. The molecule has 0 atom stereocenters. The number of pyridine rings is 1. The number of aromatic nitrogens is 1. The summed E-state index contributed by atoms with van der Waals surface area (Å²) in [6.07, 6.45) is 0.838. The molecule has 0 saturated carbocycles. The van der Waals surface area contributed by atoms with Crippen LogP contribution in [0.3, 0.4) is 0 Å². The first-order valence-electron chi connectivity index (χ1n) is 6.23. The van der Waals surface area contributed by atoms with E-state index in [4.69, 9.17) is 21.1 Å². The van der Waals surface area contributed by atoms with Gasteiger partial charge in [-0.2, -0.15) is 0 Å². The summed E-state index contributed by atoms with van der Waals surface area (Å²) in [5.74, 6) is 2.44. The molecule has 0 radical (unpaired) electrons. The third-order valence-corrected chi connectivity index (χ3v) is 3.71. The number of benzene rings is 1. The smallest absolute Gasteiger partial charge is 0.219 e. The molecule has 106 valence electrons. The largest absolute Gasteiger partial charge is 0.497 e. The lowest BCUT2D eigenvalue weighted by Crippen LogP contribution is -1.95. The van der Waals surface area contributed by atoms with Crippen LogP contribution in [0.5, 0.6) is 17.4 Å². The summed E-state index contributed by atoms with van der Waals surface area (Å²) in [4.78, 5) is 4.45. The van der Waals surface area contributed by atoms with E-state index >= 15 is 0 Å². The van der Waals surface area contributed by atoms with Crippen LogP contribution in [0, 0.1) is 0 Å². The number of alkyl halides is 1. The summed E-state index contributed by atoms with van der Waals surface area (Å²) in [6, 6.07) is 9.36. The number of hydrogen-bond donors (Lipinski definition) is 0. The van der Waals surface area contributed by atoms with Crippen molar-refractivity contribution in [1.29, 1.82) is 0 Å². The molecule has 0 amide bonds. The molecule has 0 bridgehead atoms. The van der Waals surface area contributed by atoms with Crippen LogP contribution in [0.2, 0.25) is 0 Å². The van der Waals surface area contributed by atoms with E-state index in [1.54, 1.807) is 7.11 Å². The Kier molecular flexibility index (Phi) is 5.26. The van der Waals surface area contributed by atoms with Gasteiger partial charge in [-0.15, -0.1) is 11.6 Å². The minimum absolute atomic E-state index is 0.440. The number of hydrogen-bond acceptors (Lipinski definition) is 3. The third kappa shape index (κ3) is 3.64. The Morgan fingerprint density at radius 1 is 1.25 bits per heavy atom. The number of halogens is 2. The van der Waals surface area contributed by atoms with Crippen LogP contribution in [-0.2, 0) is 12.3 Å². The topological polar surface area (TPSA) is 31.4 Å². The Hall–Kier alpha value is -1.26. The van der Waals surface area contributed by atoms with Gasteiger partial charge in [-0.3, -0.25) is 0 Å². The highest BCUT2D eigenvalue weighted by atomic mass is 79.9. The van der Waals surface area contributed by atoms with E-state index in [1.165, 1.54) is 0 Å². The monoisotopic (exact) mass is 355 g/mol. The van der Waals surface area contributed by atoms with Crippen molar-refractivity contribution in [1.82, 2.24) is 4.98 Å². The van der Waals surface area contributed by atoms with Gasteiger partial charge in [0.25, 0.3) is 0 Å². The fraction of sp³-hybridized carbons (Fsp3) is 0.267. The van der Waals surface area contributed by atoms with Gasteiger partial charge < -0.3 is 9.47 Å². The van der Waals surface area contributed by atoms with Gasteiger partial charge in [0.15, 0.2) is 0 Å². The highest BCUT2D eigenvalue weighted by Crippen LogP contribution is 2.32. The Labute approximate surface area is 132 Å². The SMILES string of the molecule is CCc1cc(CCl)cc(Oc2ccc(OC)cc2Br)n1.